The van der Waals surface area contributed by atoms with Crippen molar-refractivity contribution < 1.29 is 17.9 Å². The standard InChI is InChI=1S/C10H5BrF3NOS/c11-8-5-17-9(15-8)16-7-3-1-6(2-4-7)10(12,13)14/h1-5H. The van der Waals surface area contributed by atoms with Crippen LogP contribution in [0.3, 0.4) is 0 Å². The number of alkyl halides is 3. The first-order valence-electron chi connectivity index (χ1n) is 4.41. The van der Waals surface area contributed by atoms with Crippen molar-refractivity contribution in [1.29, 1.82) is 0 Å². The molecule has 17 heavy (non-hydrogen) atoms. The van der Waals surface area contributed by atoms with E-state index >= 15 is 0 Å². The van der Waals surface area contributed by atoms with Gasteiger partial charge in [0.05, 0.1) is 5.56 Å². The van der Waals surface area contributed by atoms with Gasteiger partial charge in [0.15, 0.2) is 0 Å². The lowest BCUT2D eigenvalue weighted by Gasteiger charge is -2.07. The Morgan fingerprint density at radius 3 is 2.29 bits per heavy atom. The molecule has 90 valence electrons. The summed E-state index contributed by atoms with van der Waals surface area (Å²) in [5.41, 5.74) is -0.704. The van der Waals surface area contributed by atoms with Crippen molar-refractivity contribution in [2.24, 2.45) is 0 Å². The summed E-state index contributed by atoms with van der Waals surface area (Å²) in [4.78, 5) is 3.97. The van der Waals surface area contributed by atoms with Crippen molar-refractivity contribution >= 4 is 27.3 Å². The van der Waals surface area contributed by atoms with Crippen molar-refractivity contribution in [3.63, 3.8) is 0 Å². The molecular weight excluding hydrogens is 319 g/mol. The highest BCUT2D eigenvalue weighted by Gasteiger charge is 2.30. The largest absolute Gasteiger partial charge is 0.431 e. The van der Waals surface area contributed by atoms with E-state index in [0.717, 1.165) is 12.1 Å². The molecule has 0 spiro atoms. The van der Waals surface area contributed by atoms with Gasteiger partial charge in [0.2, 0.25) is 0 Å². The Bertz CT molecular complexity index is 509. The van der Waals surface area contributed by atoms with Crippen LogP contribution >= 0.6 is 27.3 Å². The van der Waals surface area contributed by atoms with E-state index in [1.54, 1.807) is 5.38 Å². The van der Waals surface area contributed by atoms with Crippen LogP contribution in [0.1, 0.15) is 5.56 Å². The van der Waals surface area contributed by atoms with Crippen molar-refractivity contribution in [1.82, 2.24) is 4.98 Å². The van der Waals surface area contributed by atoms with E-state index < -0.39 is 11.7 Å². The molecule has 1 heterocycles. The summed E-state index contributed by atoms with van der Waals surface area (Å²) in [5.74, 6) is 0.319. The Balaban J connectivity index is 2.13. The minimum absolute atomic E-state index is 0.319. The fraction of sp³-hybridized carbons (Fsp3) is 0.100. The van der Waals surface area contributed by atoms with Gasteiger partial charge in [-0.15, -0.1) is 0 Å². The molecule has 2 aromatic rings. The van der Waals surface area contributed by atoms with Gasteiger partial charge in [-0.2, -0.15) is 18.2 Å². The van der Waals surface area contributed by atoms with Crippen LogP contribution in [0.5, 0.6) is 10.9 Å². The first-order valence-corrected chi connectivity index (χ1v) is 6.08. The van der Waals surface area contributed by atoms with Gasteiger partial charge in [0.25, 0.3) is 5.19 Å². The van der Waals surface area contributed by atoms with Gasteiger partial charge < -0.3 is 4.74 Å². The molecule has 0 N–H and O–H groups in total. The summed E-state index contributed by atoms with van der Waals surface area (Å²) >= 11 is 4.41. The number of nitrogens with zero attached hydrogens (tertiary/aromatic N) is 1. The van der Waals surface area contributed by atoms with Crippen LogP contribution in [0.15, 0.2) is 34.2 Å². The van der Waals surface area contributed by atoms with Gasteiger partial charge in [-0.3, -0.25) is 0 Å². The summed E-state index contributed by atoms with van der Waals surface area (Å²) < 4.78 is 42.8. The molecule has 2 rings (SSSR count). The highest BCUT2D eigenvalue weighted by atomic mass is 79.9. The summed E-state index contributed by atoms with van der Waals surface area (Å²) in [5, 5.41) is 2.09. The zero-order valence-electron chi connectivity index (χ0n) is 8.16. The smallest absolute Gasteiger partial charge is 0.416 e. The van der Waals surface area contributed by atoms with Crippen molar-refractivity contribution in [2.75, 3.05) is 0 Å². The van der Waals surface area contributed by atoms with E-state index in [1.807, 2.05) is 0 Å². The second kappa shape index (κ2) is 4.66. The normalized spacial score (nSPS) is 11.5. The molecule has 0 aliphatic carbocycles. The third-order valence-electron chi connectivity index (χ3n) is 1.84. The number of thiazole rings is 1. The van der Waals surface area contributed by atoms with Gasteiger partial charge in [-0.25, -0.2) is 0 Å². The van der Waals surface area contributed by atoms with Gasteiger partial charge in [0.1, 0.15) is 10.4 Å². The lowest BCUT2D eigenvalue weighted by molar-refractivity contribution is -0.137. The van der Waals surface area contributed by atoms with E-state index in [-0.39, 0.29) is 0 Å². The van der Waals surface area contributed by atoms with Crippen molar-refractivity contribution in [2.45, 2.75) is 6.18 Å². The third-order valence-corrected chi connectivity index (χ3v) is 3.27. The molecule has 1 aromatic heterocycles. The molecule has 2 nitrogen and oxygen atoms in total. The Morgan fingerprint density at radius 1 is 1.18 bits per heavy atom. The molecule has 0 amide bonds. The summed E-state index contributed by atoms with van der Waals surface area (Å²) in [6.07, 6.45) is -4.33. The number of hydrogen-bond acceptors (Lipinski definition) is 3. The molecule has 0 atom stereocenters. The molecule has 0 bridgehead atoms. The molecule has 0 saturated heterocycles. The second-order valence-electron chi connectivity index (χ2n) is 3.06. The zero-order valence-corrected chi connectivity index (χ0v) is 10.6. The predicted molar refractivity (Wildman–Crippen MR) is 61.3 cm³/mol. The Hall–Kier alpha value is -1.08. The summed E-state index contributed by atoms with van der Waals surface area (Å²) in [7, 11) is 0. The minimum atomic E-state index is -4.33. The third kappa shape index (κ3) is 3.19. The predicted octanol–water partition coefficient (Wildman–Crippen LogP) is 4.72. The average Bonchev–Trinajstić information content (AvgIpc) is 2.63. The Morgan fingerprint density at radius 2 is 1.82 bits per heavy atom. The Labute approximate surface area is 107 Å². The number of halogens is 4. The first kappa shape index (κ1) is 12.4. The highest BCUT2D eigenvalue weighted by Crippen LogP contribution is 2.32. The lowest BCUT2D eigenvalue weighted by atomic mass is 10.2. The van der Waals surface area contributed by atoms with Crippen LogP contribution in [0.25, 0.3) is 0 Å². The maximum Gasteiger partial charge on any atom is 0.416 e. The number of ether oxygens (including phenoxy) is 1. The van der Waals surface area contributed by atoms with Crippen LogP contribution in [-0.4, -0.2) is 4.98 Å². The SMILES string of the molecule is FC(F)(F)c1ccc(Oc2nc(Br)cs2)cc1. The second-order valence-corrected chi connectivity index (χ2v) is 4.69. The minimum Gasteiger partial charge on any atom is -0.431 e. The maximum atomic E-state index is 12.3. The van der Waals surface area contributed by atoms with Crippen LogP contribution in [0.4, 0.5) is 13.2 Å². The van der Waals surface area contributed by atoms with E-state index in [2.05, 4.69) is 20.9 Å². The number of benzene rings is 1. The molecular formula is C10H5BrF3NOS. The van der Waals surface area contributed by atoms with Crippen LogP contribution in [0.2, 0.25) is 0 Å². The van der Waals surface area contributed by atoms with E-state index in [0.29, 0.717) is 15.5 Å². The van der Waals surface area contributed by atoms with E-state index in [9.17, 15) is 13.2 Å². The average molecular weight is 324 g/mol. The zero-order chi connectivity index (χ0) is 12.5. The fourth-order valence-corrected chi connectivity index (χ4v) is 2.20. The van der Waals surface area contributed by atoms with Gasteiger partial charge in [0, 0.05) is 5.38 Å². The molecule has 1 aromatic carbocycles. The molecule has 0 radical (unpaired) electrons. The van der Waals surface area contributed by atoms with Gasteiger partial charge in [-0.05, 0) is 40.2 Å². The summed E-state index contributed by atoms with van der Waals surface area (Å²) in [6.45, 7) is 0. The fourth-order valence-electron chi connectivity index (χ4n) is 1.10. The maximum absolute atomic E-state index is 12.3. The van der Waals surface area contributed by atoms with E-state index in [1.165, 1.54) is 23.5 Å². The Kier molecular flexibility index (Phi) is 3.39. The quantitative estimate of drug-likeness (QED) is 0.798. The number of aromatic nitrogens is 1. The van der Waals surface area contributed by atoms with Gasteiger partial charge >= 0.3 is 6.18 Å². The van der Waals surface area contributed by atoms with Crippen molar-refractivity contribution in [3.8, 4) is 10.9 Å². The topological polar surface area (TPSA) is 22.1 Å². The highest BCUT2D eigenvalue weighted by molar-refractivity contribution is 9.10. The van der Waals surface area contributed by atoms with Gasteiger partial charge in [-0.1, -0.05) is 11.3 Å². The molecule has 0 saturated carbocycles. The molecule has 0 unspecified atom stereocenters. The number of rotatable bonds is 2. The van der Waals surface area contributed by atoms with Crippen LogP contribution in [-0.2, 0) is 6.18 Å². The van der Waals surface area contributed by atoms with Crippen LogP contribution < -0.4 is 4.74 Å². The lowest BCUT2D eigenvalue weighted by Crippen LogP contribution is -2.03. The molecule has 0 aliphatic rings. The van der Waals surface area contributed by atoms with Crippen LogP contribution in [0, 0.1) is 0 Å². The molecule has 0 fully saturated rings. The van der Waals surface area contributed by atoms with E-state index in [4.69, 9.17) is 4.74 Å². The summed E-state index contributed by atoms with van der Waals surface area (Å²) in [6, 6.07) is 4.46. The first-order chi connectivity index (χ1) is 7.95. The monoisotopic (exact) mass is 323 g/mol. The molecule has 0 aliphatic heterocycles. The molecule has 7 heteroatoms. The van der Waals surface area contributed by atoms with Crippen molar-refractivity contribution in [3.05, 3.63) is 39.8 Å². The number of hydrogen-bond donors (Lipinski definition) is 0.